The molecule has 180 valence electrons. The fourth-order valence-electron chi connectivity index (χ4n) is 3.98. The summed E-state index contributed by atoms with van der Waals surface area (Å²) in [6, 6.07) is 15.3. The summed E-state index contributed by atoms with van der Waals surface area (Å²) >= 11 is 1.36. The second kappa shape index (κ2) is 10.4. The zero-order valence-electron chi connectivity index (χ0n) is 19.6. The van der Waals surface area contributed by atoms with E-state index in [1.807, 2.05) is 55.5 Å². The zero-order valence-corrected chi connectivity index (χ0v) is 20.4. The number of hydrogen-bond acceptors (Lipinski definition) is 7. The van der Waals surface area contributed by atoms with Crippen molar-refractivity contribution in [3.05, 3.63) is 65.2 Å². The van der Waals surface area contributed by atoms with Crippen molar-refractivity contribution < 1.29 is 14.3 Å². The molecular weight excluding hydrogens is 462 g/mol. The molecule has 0 radical (unpaired) electrons. The lowest BCUT2D eigenvalue weighted by Crippen LogP contribution is -2.35. The number of aryl methyl sites for hydroxylation is 1. The molecule has 8 nitrogen and oxygen atoms in total. The number of carbonyl (C=O) groups is 1. The van der Waals surface area contributed by atoms with E-state index >= 15 is 0 Å². The van der Waals surface area contributed by atoms with Crippen molar-refractivity contribution in [1.82, 2.24) is 9.91 Å². The highest BCUT2D eigenvalue weighted by Gasteiger charge is 2.37. The quantitative estimate of drug-likeness (QED) is 0.474. The number of carbonyl (C=O) groups excluding carboxylic acids is 1. The molecule has 1 fully saturated rings. The van der Waals surface area contributed by atoms with Crippen LogP contribution in [0.2, 0.25) is 0 Å². The highest BCUT2D eigenvalue weighted by molar-refractivity contribution is 8.26. The zero-order chi connectivity index (χ0) is 24.2. The third-order valence-electron chi connectivity index (χ3n) is 5.90. The fourth-order valence-corrected chi connectivity index (χ4v) is 4.92. The molecule has 0 atom stereocenters. The van der Waals surface area contributed by atoms with Gasteiger partial charge in [0, 0.05) is 13.1 Å². The van der Waals surface area contributed by atoms with Crippen molar-refractivity contribution in [3.8, 4) is 11.5 Å². The summed E-state index contributed by atoms with van der Waals surface area (Å²) < 4.78 is 11.4. The van der Waals surface area contributed by atoms with Crippen molar-refractivity contribution in [2.75, 3.05) is 26.3 Å². The molecule has 3 heterocycles. The van der Waals surface area contributed by atoms with E-state index in [-0.39, 0.29) is 11.4 Å². The molecular formula is C26H27N5O3S. The van der Waals surface area contributed by atoms with Crippen molar-refractivity contribution in [2.45, 2.75) is 26.2 Å². The maximum Gasteiger partial charge on any atom is 0.283 e. The number of nitrogens with one attached hydrogen (secondary N) is 1. The largest absolute Gasteiger partial charge is 0.490 e. The molecule has 35 heavy (non-hydrogen) atoms. The Hall–Kier alpha value is -3.59. The van der Waals surface area contributed by atoms with Gasteiger partial charge in [-0.1, -0.05) is 29.8 Å². The average molecular weight is 490 g/mol. The van der Waals surface area contributed by atoms with Gasteiger partial charge < -0.3 is 14.4 Å². The van der Waals surface area contributed by atoms with Crippen LogP contribution in [0.4, 0.5) is 0 Å². The number of aliphatic imine (C=N–C) groups is 1. The molecule has 3 aliphatic heterocycles. The maximum atomic E-state index is 12.7. The van der Waals surface area contributed by atoms with E-state index in [0.29, 0.717) is 24.1 Å². The fraction of sp³-hybridized carbons (Fsp3) is 0.308. The SMILES string of the molecule is Cc1ccc(OCCOc2ccc(/C=C3/C(=N)N4N=C(N5CCCCC5)SC4=NC3=O)cc2)cc1. The Morgan fingerprint density at radius 3 is 2.23 bits per heavy atom. The minimum absolute atomic E-state index is 0.0492. The molecule has 0 aliphatic carbocycles. The molecule has 2 aromatic carbocycles. The van der Waals surface area contributed by atoms with Gasteiger partial charge in [0.25, 0.3) is 5.91 Å². The number of piperidine rings is 1. The van der Waals surface area contributed by atoms with Gasteiger partial charge in [0.2, 0.25) is 5.17 Å². The van der Waals surface area contributed by atoms with Gasteiger partial charge in [0.1, 0.15) is 24.7 Å². The van der Waals surface area contributed by atoms with Crippen LogP contribution in [0, 0.1) is 12.3 Å². The van der Waals surface area contributed by atoms with E-state index < -0.39 is 5.91 Å². The summed E-state index contributed by atoms with van der Waals surface area (Å²) in [6.45, 7) is 4.79. The molecule has 2 aromatic rings. The first-order valence-electron chi connectivity index (χ1n) is 11.7. The van der Waals surface area contributed by atoms with E-state index in [1.165, 1.54) is 28.8 Å². The Balaban J connectivity index is 1.19. The first-order valence-corrected chi connectivity index (χ1v) is 12.6. The number of likely N-dealkylation sites (tertiary alicyclic amines) is 1. The molecule has 0 aromatic heterocycles. The Morgan fingerprint density at radius 2 is 1.57 bits per heavy atom. The molecule has 1 saturated heterocycles. The minimum Gasteiger partial charge on any atom is -0.490 e. The van der Waals surface area contributed by atoms with Gasteiger partial charge in [-0.3, -0.25) is 10.2 Å². The maximum absolute atomic E-state index is 12.7. The Bertz CT molecular complexity index is 1200. The number of hydrogen-bond donors (Lipinski definition) is 1. The molecule has 1 N–H and O–H groups in total. The van der Waals surface area contributed by atoms with Crippen LogP contribution < -0.4 is 9.47 Å². The second-order valence-electron chi connectivity index (χ2n) is 8.53. The second-order valence-corrected chi connectivity index (χ2v) is 9.46. The summed E-state index contributed by atoms with van der Waals surface area (Å²) in [4.78, 5) is 19.1. The molecule has 5 rings (SSSR count). The number of benzene rings is 2. The number of hydrazone groups is 1. The number of thioether (sulfide) groups is 1. The predicted octanol–water partition coefficient (Wildman–Crippen LogP) is 4.52. The minimum atomic E-state index is -0.419. The first kappa shape index (κ1) is 23.2. The van der Waals surface area contributed by atoms with Gasteiger partial charge in [-0.2, -0.15) is 10.0 Å². The highest BCUT2D eigenvalue weighted by Crippen LogP contribution is 2.30. The summed E-state index contributed by atoms with van der Waals surface area (Å²) in [7, 11) is 0. The summed E-state index contributed by atoms with van der Waals surface area (Å²) in [5.74, 6) is 1.15. The lowest BCUT2D eigenvalue weighted by molar-refractivity contribution is -0.114. The topological polar surface area (TPSA) is 90.6 Å². The lowest BCUT2D eigenvalue weighted by Gasteiger charge is -2.26. The lowest BCUT2D eigenvalue weighted by atomic mass is 10.1. The Labute approximate surface area is 208 Å². The normalized spacial score (nSPS) is 18.9. The summed E-state index contributed by atoms with van der Waals surface area (Å²) in [6.07, 6.45) is 5.17. The molecule has 1 amide bonds. The van der Waals surface area contributed by atoms with Gasteiger partial charge in [0.15, 0.2) is 11.0 Å². The molecule has 9 heteroatoms. The van der Waals surface area contributed by atoms with Crippen LogP contribution >= 0.6 is 11.8 Å². The number of rotatable bonds is 6. The number of nitrogens with zero attached hydrogens (tertiary/aromatic N) is 4. The van der Waals surface area contributed by atoms with Crippen LogP contribution in [0.25, 0.3) is 6.08 Å². The third kappa shape index (κ3) is 5.40. The van der Waals surface area contributed by atoms with Crippen LogP contribution in [0.1, 0.15) is 30.4 Å². The van der Waals surface area contributed by atoms with Gasteiger partial charge in [-0.25, -0.2) is 0 Å². The number of amidine groups is 3. The van der Waals surface area contributed by atoms with Crippen LogP contribution in [0.3, 0.4) is 0 Å². The highest BCUT2D eigenvalue weighted by atomic mass is 32.2. The predicted molar refractivity (Wildman–Crippen MR) is 139 cm³/mol. The van der Waals surface area contributed by atoms with Crippen LogP contribution in [0.15, 0.2) is 64.2 Å². The van der Waals surface area contributed by atoms with Crippen molar-refractivity contribution in [3.63, 3.8) is 0 Å². The smallest absolute Gasteiger partial charge is 0.283 e. The number of amides is 1. The summed E-state index contributed by atoms with van der Waals surface area (Å²) in [5.41, 5.74) is 2.19. The van der Waals surface area contributed by atoms with Gasteiger partial charge in [-0.15, -0.1) is 5.10 Å². The molecule has 0 bridgehead atoms. The van der Waals surface area contributed by atoms with Crippen molar-refractivity contribution in [2.24, 2.45) is 10.1 Å². The number of fused-ring (bicyclic) bond motifs is 1. The standard InChI is InChI=1S/C26H27N5O3S/c1-18-5-9-20(10-6-18)33-15-16-34-21-11-7-19(8-12-21)17-22-23(27)31-25(28-24(22)32)35-26(29-31)30-13-3-2-4-14-30/h5-12,17,27H,2-4,13-16H2,1H3/b22-17-,27-23?. The molecule has 3 aliphatic rings. The molecule has 0 unspecified atom stereocenters. The monoisotopic (exact) mass is 489 g/mol. The Morgan fingerprint density at radius 1 is 0.943 bits per heavy atom. The van der Waals surface area contributed by atoms with E-state index in [1.54, 1.807) is 6.08 Å². The van der Waals surface area contributed by atoms with Crippen molar-refractivity contribution in [1.29, 1.82) is 5.41 Å². The van der Waals surface area contributed by atoms with E-state index in [4.69, 9.17) is 14.9 Å². The van der Waals surface area contributed by atoms with Gasteiger partial charge >= 0.3 is 0 Å². The average Bonchev–Trinajstić information content (AvgIpc) is 3.31. The van der Waals surface area contributed by atoms with Crippen LogP contribution in [-0.2, 0) is 4.79 Å². The molecule has 0 saturated carbocycles. The van der Waals surface area contributed by atoms with E-state index in [0.717, 1.165) is 42.4 Å². The van der Waals surface area contributed by atoms with E-state index in [9.17, 15) is 4.79 Å². The number of ether oxygens (including phenoxy) is 2. The van der Waals surface area contributed by atoms with E-state index in [2.05, 4.69) is 15.0 Å². The van der Waals surface area contributed by atoms with Gasteiger partial charge in [-0.05, 0) is 73.9 Å². The Kier molecular flexibility index (Phi) is 6.85. The summed E-state index contributed by atoms with van der Waals surface area (Å²) in [5, 5.41) is 15.9. The molecule has 0 spiro atoms. The van der Waals surface area contributed by atoms with Crippen LogP contribution in [0.5, 0.6) is 11.5 Å². The van der Waals surface area contributed by atoms with Gasteiger partial charge in [0.05, 0.1) is 5.57 Å². The third-order valence-corrected chi connectivity index (χ3v) is 6.87. The van der Waals surface area contributed by atoms with Crippen LogP contribution in [-0.4, -0.2) is 58.3 Å². The first-order chi connectivity index (χ1) is 17.1. The van der Waals surface area contributed by atoms with Crippen molar-refractivity contribution >= 4 is 39.9 Å².